The van der Waals surface area contributed by atoms with E-state index in [-0.39, 0.29) is 16.3 Å². The van der Waals surface area contributed by atoms with E-state index in [9.17, 15) is 19.2 Å². The Kier molecular flexibility index (Phi) is 6.58. The van der Waals surface area contributed by atoms with Crippen LogP contribution in [0.1, 0.15) is 17.3 Å². The number of carbonyl (C=O) groups is 3. The van der Waals surface area contributed by atoms with Gasteiger partial charge < -0.3 is 25.3 Å². The van der Waals surface area contributed by atoms with Gasteiger partial charge in [-0.05, 0) is 47.1 Å². The number of ether oxygens (including phenoxy) is 1. The van der Waals surface area contributed by atoms with Crippen LogP contribution in [0.3, 0.4) is 0 Å². The zero-order valence-electron chi connectivity index (χ0n) is 15.5. The second kappa shape index (κ2) is 9.14. The number of benzene rings is 2. The Morgan fingerprint density at radius 1 is 1.17 bits per heavy atom. The zero-order valence-corrected chi connectivity index (χ0v) is 17.9. The number of H-pyrrole nitrogens is 2. The predicted molar refractivity (Wildman–Crippen MR) is 115 cm³/mol. The average molecular weight is 496 g/mol. The number of nitrogens with one attached hydrogen (secondary N) is 4. The SMILES string of the molecule is CC(NC(=O)c1ccccc1Cl)C(=O)OCC(=O)Nc1cc2[nH]c(=O)[nH]c2cc1Br. The number of hydrogen-bond acceptors (Lipinski definition) is 5. The largest absolute Gasteiger partial charge is 0.454 e. The molecule has 2 amide bonds. The van der Waals surface area contributed by atoms with Crippen molar-refractivity contribution in [1.29, 1.82) is 0 Å². The lowest BCUT2D eigenvalue weighted by Crippen LogP contribution is -2.40. The van der Waals surface area contributed by atoms with E-state index in [0.717, 1.165) is 0 Å². The number of halogens is 2. The number of rotatable bonds is 6. The van der Waals surface area contributed by atoms with Crippen LogP contribution < -0.4 is 16.3 Å². The van der Waals surface area contributed by atoms with Crippen molar-refractivity contribution in [3.05, 3.63) is 61.9 Å². The van der Waals surface area contributed by atoms with E-state index in [1.807, 2.05) is 0 Å². The van der Waals surface area contributed by atoms with Gasteiger partial charge in [-0.15, -0.1) is 0 Å². The third-order valence-corrected chi connectivity index (χ3v) is 5.03. The molecular formula is C19H16BrClN4O5. The summed E-state index contributed by atoms with van der Waals surface area (Å²) in [5, 5.41) is 5.29. The summed E-state index contributed by atoms with van der Waals surface area (Å²) < 4.78 is 5.49. The van der Waals surface area contributed by atoms with Gasteiger partial charge in [0.2, 0.25) is 0 Å². The number of hydrogen-bond donors (Lipinski definition) is 4. The molecule has 156 valence electrons. The fourth-order valence-electron chi connectivity index (χ4n) is 2.58. The van der Waals surface area contributed by atoms with Gasteiger partial charge in [-0.2, -0.15) is 0 Å². The van der Waals surface area contributed by atoms with Crippen molar-refractivity contribution in [3.63, 3.8) is 0 Å². The number of aromatic nitrogens is 2. The zero-order chi connectivity index (χ0) is 21.8. The van der Waals surface area contributed by atoms with Crippen molar-refractivity contribution >= 4 is 62.0 Å². The number of esters is 1. The maximum Gasteiger partial charge on any atom is 0.328 e. The second-order valence-electron chi connectivity index (χ2n) is 6.29. The molecule has 0 bridgehead atoms. The molecule has 0 aliphatic carbocycles. The van der Waals surface area contributed by atoms with Gasteiger partial charge in [0.1, 0.15) is 6.04 Å². The summed E-state index contributed by atoms with van der Waals surface area (Å²) in [5.41, 5.74) is 1.31. The smallest absolute Gasteiger partial charge is 0.328 e. The lowest BCUT2D eigenvalue weighted by Gasteiger charge is -2.14. The first-order valence-electron chi connectivity index (χ1n) is 8.68. The second-order valence-corrected chi connectivity index (χ2v) is 7.55. The summed E-state index contributed by atoms with van der Waals surface area (Å²) in [4.78, 5) is 52.9. The van der Waals surface area contributed by atoms with Crippen molar-refractivity contribution < 1.29 is 19.1 Å². The standard InChI is InChI=1S/C19H16BrClN4O5/c1-9(22-17(27)10-4-2-3-5-12(10)21)18(28)30-8-16(26)23-13-7-15-14(6-11(13)20)24-19(29)25-15/h2-7,9H,8H2,1H3,(H,22,27)(H,23,26)(H2,24,25,29). The Hall–Kier alpha value is -3.11. The van der Waals surface area contributed by atoms with Crippen LogP contribution >= 0.6 is 27.5 Å². The number of anilines is 1. The minimum atomic E-state index is -0.991. The van der Waals surface area contributed by atoms with Crippen molar-refractivity contribution in [3.8, 4) is 0 Å². The predicted octanol–water partition coefficient (Wildman–Crippen LogP) is 2.57. The Morgan fingerprint density at radius 3 is 2.53 bits per heavy atom. The number of amides is 2. The van der Waals surface area contributed by atoms with Gasteiger partial charge in [-0.25, -0.2) is 9.59 Å². The molecule has 0 aliphatic heterocycles. The topological polar surface area (TPSA) is 133 Å². The van der Waals surface area contributed by atoms with E-state index in [1.54, 1.807) is 30.3 Å². The Balaban J connectivity index is 1.54. The Morgan fingerprint density at radius 2 is 1.83 bits per heavy atom. The number of fused-ring (bicyclic) bond motifs is 1. The van der Waals surface area contributed by atoms with Crippen molar-refractivity contribution in [2.24, 2.45) is 0 Å². The Labute approximate surface area is 183 Å². The highest BCUT2D eigenvalue weighted by atomic mass is 79.9. The highest BCUT2D eigenvalue weighted by Crippen LogP contribution is 2.26. The minimum absolute atomic E-state index is 0.222. The van der Waals surface area contributed by atoms with Crippen LogP contribution in [0.25, 0.3) is 11.0 Å². The third-order valence-electron chi connectivity index (χ3n) is 4.04. The summed E-state index contributed by atoms with van der Waals surface area (Å²) >= 11 is 9.25. The molecule has 11 heteroatoms. The first-order valence-corrected chi connectivity index (χ1v) is 9.85. The molecule has 0 aliphatic rings. The lowest BCUT2D eigenvalue weighted by molar-refractivity contribution is -0.148. The van der Waals surface area contributed by atoms with E-state index in [4.69, 9.17) is 16.3 Å². The molecule has 1 aromatic heterocycles. The highest BCUT2D eigenvalue weighted by molar-refractivity contribution is 9.10. The van der Waals surface area contributed by atoms with Crippen LogP contribution in [0, 0.1) is 0 Å². The first-order chi connectivity index (χ1) is 14.2. The quantitative estimate of drug-likeness (QED) is 0.390. The molecule has 2 aromatic carbocycles. The van der Waals surface area contributed by atoms with Gasteiger partial charge in [0.25, 0.3) is 11.8 Å². The average Bonchev–Trinajstić information content (AvgIpc) is 3.05. The molecule has 0 saturated heterocycles. The van der Waals surface area contributed by atoms with Crippen LogP contribution in [-0.2, 0) is 14.3 Å². The van der Waals surface area contributed by atoms with E-state index in [1.165, 1.54) is 13.0 Å². The number of aromatic amines is 2. The molecule has 3 aromatic rings. The van der Waals surface area contributed by atoms with Crippen LogP contribution in [0.15, 0.2) is 45.7 Å². The minimum Gasteiger partial charge on any atom is -0.454 e. The van der Waals surface area contributed by atoms with Crippen molar-refractivity contribution in [2.75, 3.05) is 11.9 Å². The van der Waals surface area contributed by atoms with Gasteiger partial charge in [0.05, 0.1) is 27.3 Å². The van der Waals surface area contributed by atoms with Crippen molar-refractivity contribution in [2.45, 2.75) is 13.0 Å². The maximum atomic E-state index is 12.2. The fourth-order valence-corrected chi connectivity index (χ4v) is 3.24. The van der Waals surface area contributed by atoms with E-state index >= 15 is 0 Å². The van der Waals surface area contributed by atoms with Gasteiger partial charge >= 0.3 is 11.7 Å². The van der Waals surface area contributed by atoms with Crippen molar-refractivity contribution in [1.82, 2.24) is 15.3 Å². The molecule has 3 rings (SSSR count). The van der Waals surface area contributed by atoms with E-state index < -0.39 is 30.4 Å². The summed E-state index contributed by atoms with van der Waals surface area (Å²) in [6.45, 7) is 0.876. The molecule has 30 heavy (non-hydrogen) atoms. The van der Waals surface area contributed by atoms with Gasteiger partial charge in [-0.1, -0.05) is 23.7 Å². The maximum absolute atomic E-state index is 12.2. The fraction of sp³-hybridized carbons (Fsp3) is 0.158. The summed E-state index contributed by atoms with van der Waals surface area (Å²) in [6, 6.07) is 8.60. The normalized spacial score (nSPS) is 11.7. The van der Waals surface area contributed by atoms with Crippen LogP contribution in [0.4, 0.5) is 5.69 Å². The molecule has 1 heterocycles. The van der Waals surface area contributed by atoms with Gasteiger partial charge in [0, 0.05) is 4.47 Å². The summed E-state index contributed by atoms with van der Waals surface area (Å²) in [7, 11) is 0. The molecule has 4 N–H and O–H groups in total. The van der Waals surface area contributed by atoms with Gasteiger partial charge in [0.15, 0.2) is 6.61 Å². The van der Waals surface area contributed by atoms with Crippen LogP contribution in [0.5, 0.6) is 0 Å². The van der Waals surface area contributed by atoms with Gasteiger partial charge in [-0.3, -0.25) is 9.59 Å². The summed E-state index contributed by atoms with van der Waals surface area (Å²) in [5.74, 6) is -1.91. The van der Waals surface area contributed by atoms with Crippen LogP contribution in [-0.4, -0.2) is 40.4 Å². The number of carbonyl (C=O) groups excluding carboxylic acids is 3. The van der Waals surface area contributed by atoms with E-state index in [2.05, 4.69) is 36.5 Å². The Bertz CT molecular complexity index is 1190. The molecular weight excluding hydrogens is 480 g/mol. The molecule has 0 spiro atoms. The summed E-state index contributed by atoms with van der Waals surface area (Å²) in [6.07, 6.45) is 0. The molecule has 1 unspecified atom stereocenters. The molecule has 0 radical (unpaired) electrons. The number of imidazole rings is 1. The van der Waals surface area contributed by atoms with Crippen LogP contribution in [0.2, 0.25) is 5.02 Å². The monoisotopic (exact) mass is 494 g/mol. The van der Waals surface area contributed by atoms with E-state index in [0.29, 0.717) is 21.2 Å². The molecule has 0 saturated carbocycles. The molecule has 1 atom stereocenters. The third kappa shape index (κ3) is 5.08. The molecule has 0 fully saturated rings. The lowest BCUT2D eigenvalue weighted by atomic mass is 10.2. The molecule has 9 nitrogen and oxygen atoms in total. The highest BCUT2D eigenvalue weighted by Gasteiger charge is 2.20. The first kappa shape index (κ1) is 21.6.